The van der Waals surface area contributed by atoms with E-state index in [2.05, 4.69) is 9.80 Å². The number of piperazine rings is 1. The van der Waals surface area contributed by atoms with Gasteiger partial charge in [0.1, 0.15) is 0 Å². The summed E-state index contributed by atoms with van der Waals surface area (Å²) in [5.41, 5.74) is 1.26. The van der Waals surface area contributed by atoms with Crippen molar-refractivity contribution in [2.45, 2.75) is 6.54 Å². The number of aromatic carboxylic acids is 1. The van der Waals surface area contributed by atoms with E-state index in [1.807, 2.05) is 12.1 Å². The molecule has 1 aliphatic rings. The molecule has 1 fully saturated rings. The molecule has 0 atom stereocenters. The Bertz CT molecular complexity index is 428. The lowest BCUT2D eigenvalue weighted by atomic mass is 10.1. The molecule has 0 radical (unpaired) electrons. The highest BCUT2D eigenvalue weighted by Gasteiger charge is 2.18. The quantitative estimate of drug-likeness (QED) is 0.810. The van der Waals surface area contributed by atoms with Gasteiger partial charge < -0.3 is 10.2 Å². The number of aliphatic hydroxyl groups is 1. The number of hydrogen-bond acceptors (Lipinski definition) is 4. The minimum absolute atomic E-state index is 0.196. The lowest BCUT2D eigenvalue weighted by Crippen LogP contribution is -2.46. The molecular formula is C14H20N2O3. The molecule has 0 spiro atoms. The fraction of sp³-hybridized carbons (Fsp3) is 0.500. The minimum atomic E-state index is -0.866. The Morgan fingerprint density at radius 1 is 1.11 bits per heavy atom. The molecule has 0 amide bonds. The molecule has 0 aromatic heterocycles. The van der Waals surface area contributed by atoms with Crippen LogP contribution in [0.3, 0.4) is 0 Å². The second kappa shape index (κ2) is 6.65. The zero-order chi connectivity index (χ0) is 13.7. The summed E-state index contributed by atoms with van der Waals surface area (Å²) in [6.07, 6.45) is 0. The Morgan fingerprint density at radius 2 is 1.74 bits per heavy atom. The van der Waals surface area contributed by atoms with Crippen molar-refractivity contribution in [1.82, 2.24) is 9.80 Å². The van der Waals surface area contributed by atoms with Crippen molar-refractivity contribution >= 4 is 5.97 Å². The standard InChI is InChI=1S/C14H20N2O3/c17-10-9-15-5-7-16(8-6-15)11-12-3-1-2-4-13(12)14(18)19/h1-4,17H,5-11H2,(H,18,19). The van der Waals surface area contributed by atoms with Crippen molar-refractivity contribution in [3.8, 4) is 0 Å². The first-order chi connectivity index (χ1) is 9.20. The number of rotatable bonds is 5. The van der Waals surface area contributed by atoms with Gasteiger partial charge >= 0.3 is 5.97 Å². The number of β-amino-alcohol motifs (C(OH)–C–C–N with tert-alkyl or cyclic N) is 1. The minimum Gasteiger partial charge on any atom is -0.478 e. The van der Waals surface area contributed by atoms with Crippen LogP contribution in [0.4, 0.5) is 0 Å². The zero-order valence-electron chi connectivity index (χ0n) is 11.0. The van der Waals surface area contributed by atoms with Gasteiger partial charge in [0, 0.05) is 39.3 Å². The van der Waals surface area contributed by atoms with Gasteiger partial charge in [-0.25, -0.2) is 4.79 Å². The topological polar surface area (TPSA) is 64.0 Å². The first-order valence-corrected chi connectivity index (χ1v) is 6.57. The predicted molar refractivity (Wildman–Crippen MR) is 72.2 cm³/mol. The maximum atomic E-state index is 11.1. The first kappa shape index (κ1) is 14.0. The summed E-state index contributed by atoms with van der Waals surface area (Å²) in [5, 5.41) is 18.0. The van der Waals surface area contributed by atoms with E-state index < -0.39 is 5.97 Å². The highest BCUT2D eigenvalue weighted by molar-refractivity contribution is 5.89. The molecule has 5 nitrogen and oxygen atoms in total. The molecular weight excluding hydrogens is 244 g/mol. The van der Waals surface area contributed by atoms with E-state index in [1.54, 1.807) is 12.1 Å². The smallest absolute Gasteiger partial charge is 0.336 e. The second-order valence-electron chi connectivity index (χ2n) is 4.80. The Labute approximate surface area is 113 Å². The maximum absolute atomic E-state index is 11.1. The van der Waals surface area contributed by atoms with Crippen molar-refractivity contribution in [2.75, 3.05) is 39.3 Å². The van der Waals surface area contributed by atoms with Crippen molar-refractivity contribution in [3.05, 3.63) is 35.4 Å². The molecule has 1 aromatic rings. The molecule has 1 saturated heterocycles. The highest BCUT2D eigenvalue weighted by Crippen LogP contribution is 2.13. The molecule has 1 aromatic carbocycles. The van der Waals surface area contributed by atoms with Gasteiger partial charge in [-0.05, 0) is 11.6 Å². The molecule has 0 saturated carbocycles. The van der Waals surface area contributed by atoms with E-state index in [-0.39, 0.29) is 6.61 Å². The summed E-state index contributed by atoms with van der Waals surface area (Å²) in [6.45, 7) is 5.27. The number of nitrogens with zero attached hydrogens (tertiary/aromatic N) is 2. The number of carboxylic acids is 1. The van der Waals surface area contributed by atoms with Crippen LogP contribution in [-0.4, -0.2) is 65.3 Å². The molecule has 1 aliphatic heterocycles. The van der Waals surface area contributed by atoms with E-state index in [4.69, 9.17) is 10.2 Å². The lowest BCUT2D eigenvalue weighted by molar-refractivity contribution is 0.0692. The average molecular weight is 264 g/mol. The molecule has 2 rings (SSSR count). The van der Waals surface area contributed by atoms with Gasteiger partial charge in [0.25, 0.3) is 0 Å². The number of aliphatic hydroxyl groups excluding tert-OH is 1. The van der Waals surface area contributed by atoms with E-state index in [0.29, 0.717) is 12.1 Å². The summed E-state index contributed by atoms with van der Waals surface area (Å²) in [6, 6.07) is 7.17. The van der Waals surface area contributed by atoms with Gasteiger partial charge in [-0.15, -0.1) is 0 Å². The SMILES string of the molecule is O=C(O)c1ccccc1CN1CCN(CCO)CC1. The second-order valence-corrected chi connectivity index (χ2v) is 4.80. The van der Waals surface area contributed by atoms with Crippen LogP contribution < -0.4 is 0 Å². The van der Waals surface area contributed by atoms with Crippen LogP contribution in [0.15, 0.2) is 24.3 Å². The fourth-order valence-corrected chi connectivity index (χ4v) is 2.42. The van der Waals surface area contributed by atoms with E-state index in [1.165, 1.54) is 0 Å². The van der Waals surface area contributed by atoms with E-state index in [9.17, 15) is 4.79 Å². The van der Waals surface area contributed by atoms with Crippen LogP contribution in [0.1, 0.15) is 15.9 Å². The lowest BCUT2D eigenvalue weighted by Gasteiger charge is -2.34. The molecule has 0 unspecified atom stereocenters. The maximum Gasteiger partial charge on any atom is 0.336 e. The Morgan fingerprint density at radius 3 is 2.37 bits per heavy atom. The van der Waals surface area contributed by atoms with Gasteiger partial charge in [-0.3, -0.25) is 9.80 Å². The van der Waals surface area contributed by atoms with Gasteiger partial charge in [0.2, 0.25) is 0 Å². The normalized spacial score (nSPS) is 17.5. The fourth-order valence-electron chi connectivity index (χ4n) is 2.42. The predicted octanol–water partition coefficient (Wildman–Crippen LogP) is 0.495. The Balaban J connectivity index is 1.94. The molecule has 19 heavy (non-hydrogen) atoms. The molecule has 104 valence electrons. The van der Waals surface area contributed by atoms with Gasteiger partial charge in [-0.1, -0.05) is 18.2 Å². The highest BCUT2D eigenvalue weighted by atomic mass is 16.4. The zero-order valence-corrected chi connectivity index (χ0v) is 11.0. The first-order valence-electron chi connectivity index (χ1n) is 6.57. The van der Waals surface area contributed by atoms with Crippen LogP contribution in [0.25, 0.3) is 0 Å². The Hall–Kier alpha value is -1.43. The molecule has 0 aliphatic carbocycles. The van der Waals surface area contributed by atoms with Crippen LogP contribution >= 0.6 is 0 Å². The van der Waals surface area contributed by atoms with Crippen molar-refractivity contribution < 1.29 is 15.0 Å². The monoisotopic (exact) mass is 264 g/mol. The molecule has 2 N–H and O–H groups in total. The average Bonchev–Trinajstić information content (AvgIpc) is 2.42. The van der Waals surface area contributed by atoms with E-state index >= 15 is 0 Å². The van der Waals surface area contributed by atoms with E-state index in [0.717, 1.165) is 38.3 Å². The van der Waals surface area contributed by atoms with Crippen molar-refractivity contribution in [1.29, 1.82) is 0 Å². The summed E-state index contributed by atoms with van der Waals surface area (Å²) in [5.74, 6) is -0.866. The number of carbonyl (C=O) groups is 1. The van der Waals surface area contributed by atoms with Crippen LogP contribution in [0.2, 0.25) is 0 Å². The number of hydrogen-bond donors (Lipinski definition) is 2. The summed E-state index contributed by atoms with van der Waals surface area (Å²) in [7, 11) is 0. The van der Waals surface area contributed by atoms with Crippen LogP contribution in [0.5, 0.6) is 0 Å². The van der Waals surface area contributed by atoms with Crippen molar-refractivity contribution in [3.63, 3.8) is 0 Å². The third-order valence-electron chi connectivity index (χ3n) is 3.52. The van der Waals surface area contributed by atoms with Crippen LogP contribution in [-0.2, 0) is 6.54 Å². The number of benzene rings is 1. The molecule has 1 heterocycles. The molecule has 5 heteroatoms. The van der Waals surface area contributed by atoms with Crippen LogP contribution in [0, 0.1) is 0 Å². The van der Waals surface area contributed by atoms with Crippen molar-refractivity contribution in [2.24, 2.45) is 0 Å². The Kier molecular flexibility index (Phi) is 4.90. The summed E-state index contributed by atoms with van der Waals surface area (Å²) >= 11 is 0. The summed E-state index contributed by atoms with van der Waals surface area (Å²) < 4.78 is 0. The third-order valence-corrected chi connectivity index (χ3v) is 3.52. The van der Waals surface area contributed by atoms with Gasteiger partial charge in [-0.2, -0.15) is 0 Å². The number of carboxylic acid groups (broad SMARTS) is 1. The third kappa shape index (κ3) is 3.76. The molecule has 0 bridgehead atoms. The summed E-state index contributed by atoms with van der Waals surface area (Å²) in [4.78, 5) is 15.6. The largest absolute Gasteiger partial charge is 0.478 e. The van der Waals surface area contributed by atoms with Gasteiger partial charge in [0.05, 0.1) is 12.2 Å². The van der Waals surface area contributed by atoms with Gasteiger partial charge in [0.15, 0.2) is 0 Å².